The second kappa shape index (κ2) is 6.05. The molecule has 0 radical (unpaired) electrons. The highest BCUT2D eigenvalue weighted by Crippen LogP contribution is 2.18. The zero-order chi connectivity index (χ0) is 14.5. The molecule has 0 bridgehead atoms. The predicted octanol–water partition coefficient (Wildman–Crippen LogP) is 3.92. The van der Waals surface area contributed by atoms with Gasteiger partial charge in [0.15, 0.2) is 0 Å². The molecule has 0 saturated carbocycles. The van der Waals surface area contributed by atoms with E-state index in [1.165, 1.54) is 0 Å². The molecule has 4 nitrogen and oxygen atoms in total. The third-order valence-corrected chi connectivity index (χ3v) is 3.00. The molecule has 0 saturated heterocycles. The summed E-state index contributed by atoms with van der Waals surface area (Å²) >= 11 is 0. The van der Waals surface area contributed by atoms with Crippen LogP contribution in [0.4, 0.5) is 0 Å². The van der Waals surface area contributed by atoms with Crippen molar-refractivity contribution in [2.24, 2.45) is 0 Å². The third kappa shape index (κ3) is 3.17. The molecule has 0 unspecified atom stereocenters. The SMILES string of the molecule is COc1ccc(/C=C/c2nnc(-c3ccccc3)o2)cc1. The summed E-state index contributed by atoms with van der Waals surface area (Å²) in [5.41, 5.74) is 1.95. The molecule has 0 N–H and O–H groups in total. The van der Waals surface area contributed by atoms with Crippen molar-refractivity contribution in [3.05, 3.63) is 66.1 Å². The predicted molar refractivity (Wildman–Crippen MR) is 81.7 cm³/mol. The van der Waals surface area contributed by atoms with Crippen molar-refractivity contribution in [2.75, 3.05) is 7.11 Å². The van der Waals surface area contributed by atoms with Crippen molar-refractivity contribution >= 4 is 12.2 Å². The van der Waals surface area contributed by atoms with E-state index in [9.17, 15) is 0 Å². The lowest BCUT2D eigenvalue weighted by Gasteiger charge is -1.98. The van der Waals surface area contributed by atoms with Crippen LogP contribution >= 0.6 is 0 Å². The summed E-state index contributed by atoms with van der Waals surface area (Å²) in [4.78, 5) is 0. The van der Waals surface area contributed by atoms with Crippen LogP contribution in [0, 0.1) is 0 Å². The van der Waals surface area contributed by atoms with Gasteiger partial charge in [-0.25, -0.2) is 0 Å². The molecule has 0 fully saturated rings. The molecule has 0 atom stereocenters. The van der Waals surface area contributed by atoms with Gasteiger partial charge in [0, 0.05) is 11.6 Å². The van der Waals surface area contributed by atoms with E-state index in [4.69, 9.17) is 9.15 Å². The minimum absolute atomic E-state index is 0.477. The van der Waals surface area contributed by atoms with Crippen molar-refractivity contribution in [1.82, 2.24) is 10.2 Å². The molecule has 0 amide bonds. The van der Waals surface area contributed by atoms with Crippen molar-refractivity contribution in [2.45, 2.75) is 0 Å². The molecule has 21 heavy (non-hydrogen) atoms. The first-order chi connectivity index (χ1) is 10.3. The van der Waals surface area contributed by atoms with Crippen LogP contribution in [-0.2, 0) is 0 Å². The number of hydrogen-bond acceptors (Lipinski definition) is 4. The second-order valence-corrected chi connectivity index (χ2v) is 4.42. The average Bonchev–Trinajstić information content (AvgIpc) is 3.03. The molecule has 3 aromatic rings. The Hall–Kier alpha value is -2.88. The van der Waals surface area contributed by atoms with Gasteiger partial charge in [0.25, 0.3) is 0 Å². The minimum Gasteiger partial charge on any atom is -0.497 e. The summed E-state index contributed by atoms with van der Waals surface area (Å²) < 4.78 is 10.7. The normalized spacial score (nSPS) is 10.9. The average molecular weight is 278 g/mol. The molecule has 0 aliphatic rings. The lowest BCUT2D eigenvalue weighted by Crippen LogP contribution is -1.81. The van der Waals surface area contributed by atoms with Crippen LogP contribution in [0.25, 0.3) is 23.6 Å². The standard InChI is InChI=1S/C17H14N2O2/c1-20-15-10-7-13(8-11-15)9-12-16-18-19-17(21-16)14-5-3-2-4-6-14/h2-12H,1H3/b12-9+. The fourth-order valence-corrected chi connectivity index (χ4v) is 1.88. The van der Waals surface area contributed by atoms with Crippen molar-refractivity contribution in [3.63, 3.8) is 0 Å². The van der Waals surface area contributed by atoms with Crippen LogP contribution in [-0.4, -0.2) is 17.3 Å². The molecule has 2 aromatic carbocycles. The van der Waals surface area contributed by atoms with Gasteiger partial charge in [-0.05, 0) is 35.9 Å². The maximum Gasteiger partial charge on any atom is 0.248 e. The van der Waals surface area contributed by atoms with Crippen molar-refractivity contribution in [3.8, 4) is 17.2 Å². The molecule has 1 heterocycles. The summed E-state index contributed by atoms with van der Waals surface area (Å²) in [6, 6.07) is 17.4. The Bertz CT molecular complexity index is 731. The quantitative estimate of drug-likeness (QED) is 0.725. The summed E-state index contributed by atoms with van der Waals surface area (Å²) in [6.07, 6.45) is 3.71. The first kappa shape index (κ1) is 13.1. The minimum atomic E-state index is 0.477. The zero-order valence-electron chi connectivity index (χ0n) is 11.6. The Balaban J connectivity index is 1.76. The second-order valence-electron chi connectivity index (χ2n) is 4.42. The van der Waals surface area contributed by atoms with Gasteiger partial charge >= 0.3 is 0 Å². The Kier molecular flexibility index (Phi) is 3.78. The van der Waals surface area contributed by atoms with Gasteiger partial charge in [-0.15, -0.1) is 10.2 Å². The fourth-order valence-electron chi connectivity index (χ4n) is 1.88. The van der Waals surface area contributed by atoms with Crippen molar-refractivity contribution in [1.29, 1.82) is 0 Å². The van der Waals surface area contributed by atoms with Gasteiger partial charge in [-0.1, -0.05) is 30.3 Å². The highest BCUT2D eigenvalue weighted by atomic mass is 16.5. The number of methoxy groups -OCH3 is 1. The Morgan fingerprint density at radius 1 is 0.905 bits per heavy atom. The van der Waals surface area contributed by atoms with Crippen molar-refractivity contribution < 1.29 is 9.15 Å². The largest absolute Gasteiger partial charge is 0.497 e. The maximum atomic E-state index is 5.60. The number of ether oxygens (including phenoxy) is 1. The molecular weight excluding hydrogens is 264 g/mol. The molecule has 0 spiro atoms. The van der Waals surface area contributed by atoms with E-state index in [1.807, 2.05) is 60.7 Å². The summed E-state index contributed by atoms with van der Waals surface area (Å²) in [7, 11) is 1.65. The smallest absolute Gasteiger partial charge is 0.248 e. The molecule has 0 aliphatic heterocycles. The van der Waals surface area contributed by atoms with E-state index < -0.39 is 0 Å². The summed E-state index contributed by atoms with van der Waals surface area (Å²) in [6.45, 7) is 0. The zero-order valence-corrected chi connectivity index (χ0v) is 11.6. The van der Waals surface area contributed by atoms with Crippen LogP contribution in [0.1, 0.15) is 11.5 Å². The molecular formula is C17H14N2O2. The monoisotopic (exact) mass is 278 g/mol. The Morgan fingerprint density at radius 3 is 2.38 bits per heavy atom. The molecule has 3 rings (SSSR count). The van der Waals surface area contributed by atoms with Crippen LogP contribution in [0.5, 0.6) is 5.75 Å². The molecule has 0 aliphatic carbocycles. The molecule has 4 heteroatoms. The molecule has 1 aromatic heterocycles. The first-order valence-corrected chi connectivity index (χ1v) is 6.56. The van der Waals surface area contributed by atoms with E-state index in [0.717, 1.165) is 16.9 Å². The topological polar surface area (TPSA) is 48.2 Å². The highest BCUT2D eigenvalue weighted by Gasteiger charge is 2.05. The van der Waals surface area contributed by atoms with Gasteiger partial charge in [0.05, 0.1) is 7.11 Å². The van der Waals surface area contributed by atoms with Gasteiger partial charge in [0.2, 0.25) is 11.8 Å². The third-order valence-electron chi connectivity index (χ3n) is 3.00. The maximum absolute atomic E-state index is 5.60. The van der Waals surface area contributed by atoms with E-state index in [1.54, 1.807) is 13.2 Å². The summed E-state index contributed by atoms with van der Waals surface area (Å²) in [5, 5.41) is 8.05. The van der Waals surface area contributed by atoms with E-state index in [2.05, 4.69) is 10.2 Å². The van der Waals surface area contributed by atoms with Gasteiger partial charge in [-0.2, -0.15) is 0 Å². The van der Waals surface area contributed by atoms with Gasteiger partial charge in [0.1, 0.15) is 5.75 Å². The van der Waals surface area contributed by atoms with Crippen LogP contribution in [0.15, 0.2) is 59.0 Å². The van der Waals surface area contributed by atoms with E-state index in [-0.39, 0.29) is 0 Å². The number of nitrogens with zero attached hydrogens (tertiary/aromatic N) is 2. The number of aromatic nitrogens is 2. The van der Waals surface area contributed by atoms with Gasteiger partial charge < -0.3 is 9.15 Å². The Morgan fingerprint density at radius 2 is 1.67 bits per heavy atom. The lowest BCUT2D eigenvalue weighted by molar-refractivity contribution is 0.415. The van der Waals surface area contributed by atoms with Crippen LogP contribution < -0.4 is 4.74 Å². The number of hydrogen-bond donors (Lipinski definition) is 0. The highest BCUT2D eigenvalue weighted by molar-refractivity contribution is 5.66. The van der Waals surface area contributed by atoms with Crippen LogP contribution in [0.3, 0.4) is 0 Å². The van der Waals surface area contributed by atoms with Gasteiger partial charge in [-0.3, -0.25) is 0 Å². The summed E-state index contributed by atoms with van der Waals surface area (Å²) in [5.74, 6) is 1.82. The first-order valence-electron chi connectivity index (χ1n) is 6.56. The number of rotatable bonds is 4. The van der Waals surface area contributed by atoms with E-state index in [0.29, 0.717) is 11.8 Å². The Labute approximate surface area is 122 Å². The fraction of sp³-hybridized carbons (Fsp3) is 0.0588. The lowest BCUT2D eigenvalue weighted by atomic mass is 10.2. The molecule has 104 valence electrons. The van der Waals surface area contributed by atoms with Crippen LogP contribution in [0.2, 0.25) is 0 Å². The number of benzene rings is 2. The van der Waals surface area contributed by atoms with E-state index >= 15 is 0 Å².